The van der Waals surface area contributed by atoms with Crippen molar-refractivity contribution in [3.8, 4) is 0 Å². The van der Waals surface area contributed by atoms with Gasteiger partial charge in [-0.05, 0) is 51.3 Å². The van der Waals surface area contributed by atoms with Gasteiger partial charge in [0.1, 0.15) is 0 Å². The van der Waals surface area contributed by atoms with Crippen LogP contribution in [0.25, 0.3) is 10.9 Å². The fraction of sp³-hybridized carbons (Fsp3) is 0.556. The lowest BCUT2D eigenvalue weighted by Gasteiger charge is -2.17. The van der Waals surface area contributed by atoms with Gasteiger partial charge in [-0.25, -0.2) is 0 Å². The summed E-state index contributed by atoms with van der Waals surface area (Å²) in [6.45, 7) is 7.76. The maximum atomic E-state index is 3.75. The lowest BCUT2D eigenvalue weighted by molar-refractivity contribution is 0.497. The van der Waals surface area contributed by atoms with E-state index in [2.05, 4.69) is 54.9 Å². The molecule has 2 aromatic rings. The first-order valence-corrected chi connectivity index (χ1v) is 7.99. The van der Waals surface area contributed by atoms with Crippen molar-refractivity contribution >= 4 is 10.9 Å². The Labute approximate surface area is 122 Å². The van der Waals surface area contributed by atoms with Crippen LogP contribution in [-0.2, 0) is 6.54 Å². The van der Waals surface area contributed by atoms with Gasteiger partial charge in [0.25, 0.3) is 0 Å². The van der Waals surface area contributed by atoms with E-state index in [9.17, 15) is 0 Å². The van der Waals surface area contributed by atoms with Gasteiger partial charge in [-0.2, -0.15) is 0 Å². The minimum atomic E-state index is 0.509. The van der Waals surface area contributed by atoms with E-state index in [4.69, 9.17) is 0 Å². The van der Waals surface area contributed by atoms with Crippen LogP contribution in [0, 0.1) is 6.92 Å². The fourth-order valence-electron chi connectivity index (χ4n) is 3.58. The highest BCUT2D eigenvalue weighted by Crippen LogP contribution is 2.27. The third-order valence-electron chi connectivity index (χ3n) is 4.62. The van der Waals surface area contributed by atoms with E-state index in [0.29, 0.717) is 6.04 Å². The van der Waals surface area contributed by atoms with Gasteiger partial charge in [-0.3, -0.25) is 0 Å². The van der Waals surface area contributed by atoms with E-state index in [1.54, 1.807) is 0 Å². The quantitative estimate of drug-likeness (QED) is 0.861. The zero-order valence-corrected chi connectivity index (χ0v) is 12.9. The summed E-state index contributed by atoms with van der Waals surface area (Å²) in [5, 5.41) is 5.16. The molecule has 0 atom stereocenters. The molecule has 1 aliphatic rings. The number of benzene rings is 1. The van der Waals surface area contributed by atoms with Crippen molar-refractivity contribution in [3.63, 3.8) is 0 Å². The molecule has 0 spiro atoms. The van der Waals surface area contributed by atoms with Crippen molar-refractivity contribution in [3.05, 3.63) is 35.5 Å². The van der Waals surface area contributed by atoms with Crippen molar-refractivity contribution in [1.82, 2.24) is 9.88 Å². The predicted octanol–water partition coefficient (Wildman–Crippen LogP) is 4.56. The molecule has 108 valence electrons. The van der Waals surface area contributed by atoms with Crippen LogP contribution in [-0.4, -0.2) is 10.6 Å². The third kappa shape index (κ3) is 2.49. The largest absolute Gasteiger partial charge is 0.341 e. The first-order valence-electron chi connectivity index (χ1n) is 7.99. The summed E-state index contributed by atoms with van der Waals surface area (Å²) in [5.74, 6) is 0. The molecular formula is C18H26N2. The average molecular weight is 270 g/mol. The van der Waals surface area contributed by atoms with Crippen molar-refractivity contribution in [2.45, 2.75) is 65.1 Å². The molecule has 2 heteroatoms. The number of rotatable bonds is 4. The first kappa shape index (κ1) is 13.7. The fourth-order valence-corrected chi connectivity index (χ4v) is 3.58. The highest BCUT2D eigenvalue weighted by Gasteiger charge is 2.17. The Morgan fingerprint density at radius 1 is 1.25 bits per heavy atom. The molecule has 1 aromatic carbocycles. The zero-order valence-electron chi connectivity index (χ0n) is 12.9. The molecule has 1 aromatic heterocycles. The molecule has 0 bridgehead atoms. The molecule has 0 saturated heterocycles. The second kappa shape index (κ2) is 5.61. The lowest BCUT2D eigenvalue weighted by atomic mass is 10.1. The second-order valence-corrected chi connectivity index (χ2v) is 6.47. The Hall–Kier alpha value is -1.28. The van der Waals surface area contributed by atoms with Crippen LogP contribution < -0.4 is 5.32 Å². The van der Waals surface area contributed by atoms with Crippen LogP contribution in [0.15, 0.2) is 24.3 Å². The maximum absolute atomic E-state index is 3.75. The summed E-state index contributed by atoms with van der Waals surface area (Å²) in [6, 6.07) is 10.3. The Kier molecular flexibility index (Phi) is 3.84. The van der Waals surface area contributed by atoms with Crippen molar-refractivity contribution in [2.24, 2.45) is 0 Å². The minimum absolute atomic E-state index is 0.509. The number of fused-ring (bicyclic) bond motifs is 1. The molecule has 1 N–H and O–H groups in total. The zero-order chi connectivity index (χ0) is 14.1. The maximum Gasteiger partial charge on any atom is 0.0488 e. The Bertz CT molecular complexity index is 589. The molecular weight excluding hydrogens is 244 g/mol. The molecule has 0 radical (unpaired) electrons. The van der Waals surface area contributed by atoms with Crippen LogP contribution in [0.1, 0.15) is 56.8 Å². The van der Waals surface area contributed by atoms with Gasteiger partial charge in [0.2, 0.25) is 0 Å². The average Bonchev–Trinajstić information content (AvgIpc) is 3.03. The van der Waals surface area contributed by atoms with Crippen LogP contribution in [0.2, 0.25) is 0 Å². The molecule has 0 unspecified atom stereocenters. The summed E-state index contributed by atoms with van der Waals surface area (Å²) >= 11 is 0. The molecule has 1 aliphatic carbocycles. The van der Waals surface area contributed by atoms with Crippen LogP contribution in [0.5, 0.6) is 0 Å². The monoisotopic (exact) mass is 270 g/mol. The van der Waals surface area contributed by atoms with Gasteiger partial charge >= 0.3 is 0 Å². The standard InChI is InChI=1S/C18H26N2/c1-13(2)20-16(12-19-15-8-4-5-9-15)11-17-14(3)7-6-10-18(17)20/h6-7,10-11,13,15,19H,4-5,8-9,12H2,1-3H3. The van der Waals surface area contributed by atoms with E-state index >= 15 is 0 Å². The lowest BCUT2D eigenvalue weighted by Crippen LogP contribution is -2.26. The number of nitrogens with one attached hydrogen (secondary N) is 1. The summed E-state index contributed by atoms with van der Waals surface area (Å²) < 4.78 is 2.49. The topological polar surface area (TPSA) is 17.0 Å². The smallest absolute Gasteiger partial charge is 0.0488 e. The van der Waals surface area contributed by atoms with Crippen LogP contribution in [0.3, 0.4) is 0 Å². The Morgan fingerprint density at radius 2 is 2.00 bits per heavy atom. The van der Waals surface area contributed by atoms with Crippen molar-refractivity contribution in [1.29, 1.82) is 0 Å². The SMILES string of the molecule is Cc1cccc2c1cc(CNC1CCCC1)n2C(C)C. The number of hydrogen-bond acceptors (Lipinski definition) is 1. The van der Waals surface area contributed by atoms with Gasteiger partial charge in [0.15, 0.2) is 0 Å². The van der Waals surface area contributed by atoms with Gasteiger partial charge in [-0.15, -0.1) is 0 Å². The molecule has 3 rings (SSSR count). The molecule has 20 heavy (non-hydrogen) atoms. The van der Waals surface area contributed by atoms with Crippen molar-refractivity contribution < 1.29 is 0 Å². The minimum Gasteiger partial charge on any atom is -0.341 e. The first-order chi connectivity index (χ1) is 9.66. The number of aromatic nitrogens is 1. The Morgan fingerprint density at radius 3 is 2.70 bits per heavy atom. The summed E-state index contributed by atoms with van der Waals surface area (Å²) in [7, 11) is 0. The van der Waals surface area contributed by atoms with E-state index in [-0.39, 0.29) is 0 Å². The van der Waals surface area contributed by atoms with E-state index in [1.165, 1.54) is 47.8 Å². The summed E-state index contributed by atoms with van der Waals surface area (Å²) in [5.41, 5.74) is 4.18. The van der Waals surface area contributed by atoms with Gasteiger partial charge in [0.05, 0.1) is 0 Å². The van der Waals surface area contributed by atoms with Crippen LogP contribution in [0.4, 0.5) is 0 Å². The summed E-state index contributed by atoms with van der Waals surface area (Å²) in [6.07, 6.45) is 5.48. The molecule has 1 saturated carbocycles. The molecule has 1 fully saturated rings. The summed E-state index contributed by atoms with van der Waals surface area (Å²) in [4.78, 5) is 0. The Balaban J connectivity index is 1.92. The normalized spacial score (nSPS) is 16.6. The second-order valence-electron chi connectivity index (χ2n) is 6.47. The highest BCUT2D eigenvalue weighted by atomic mass is 15.0. The predicted molar refractivity (Wildman–Crippen MR) is 86.2 cm³/mol. The van der Waals surface area contributed by atoms with Gasteiger partial charge in [0, 0.05) is 35.2 Å². The van der Waals surface area contributed by atoms with Gasteiger partial charge in [-0.1, -0.05) is 25.0 Å². The number of nitrogens with zero attached hydrogens (tertiary/aromatic N) is 1. The van der Waals surface area contributed by atoms with E-state index < -0.39 is 0 Å². The van der Waals surface area contributed by atoms with E-state index in [0.717, 1.165) is 12.6 Å². The van der Waals surface area contributed by atoms with E-state index in [1.807, 2.05) is 0 Å². The molecule has 0 aliphatic heterocycles. The van der Waals surface area contributed by atoms with Crippen molar-refractivity contribution in [2.75, 3.05) is 0 Å². The van der Waals surface area contributed by atoms with Gasteiger partial charge < -0.3 is 9.88 Å². The molecule has 0 amide bonds. The number of hydrogen-bond donors (Lipinski definition) is 1. The molecule has 2 nitrogen and oxygen atoms in total. The van der Waals surface area contributed by atoms with Crippen LogP contribution >= 0.6 is 0 Å². The number of aryl methyl sites for hydroxylation is 1. The third-order valence-corrected chi connectivity index (χ3v) is 4.62. The highest BCUT2D eigenvalue weighted by molar-refractivity contribution is 5.84. The molecule has 1 heterocycles.